The summed E-state index contributed by atoms with van der Waals surface area (Å²) >= 11 is 14.2. The van der Waals surface area contributed by atoms with Crippen LogP contribution in [0.3, 0.4) is 0 Å². The minimum atomic E-state index is -0.275. The minimum absolute atomic E-state index is 0.0746. The molecular weight excluding hydrogens is 442 g/mol. The maximum Gasteiger partial charge on any atom is 0.233 e. The third-order valence-electron chi connectivity index (χ3n) is 4.21. The van der Waals surface area contributed by atoms with Crippen LogP contribution in [0.15, 0.2) is 58.9 Å². The molecule has 3 aromatic rings. The molecule has 0 bridgehead atoms. The fraction of sp³-hybridized carbons (Fsp3) is 0.286. The highest BCUT2D eigenvalue weighted by atomic mass is 35.5. The Kier molecular flexibility index (Phi) is 7.16. The van der Waals surface area contributed by atoms with Crippen molar-refractivity contribution in [3.63, 3.8) is 0 Å². The lowest BCUT2D eigenvalue weighted by Gasteiger charge is -2.36. The van der Waals surface area contributed by atoms with Gasteiger partial charge in [0.05, 0.1) is 11.4 Å². The summed E-state index contributed by atoms with van der Waals surface area (Å²) in [5, 5.41) is 5.23. The van der Waals surface area contributed by atoms with Crippen molar-refractivity contribution < 1.29 is 4.79 Å². The molecule has 29 heavy (non-hydrogen) atoms. The molecule has 0 aliphatic heterocycles. The van der Waals surface area contributed by atoms with Crippen LogP contribution in [0.25, 0.3) is 5.69 Å². The van der Waals surface area contributed by atoms with E-state index in [-0.39, 0.29) is 11.4 Å². The van der Waals surface area contributed by atoms with Gasteiger partial charge < -0.3 is 4.90 Å². The molecule has 0 fully saturated rings. The van der Waals surface area contributed by atoms with Crippen LogP contribution < -0.4 is 0 Å². The number of aromatic nitrogens is 2. The van der Waals surface area contributed by atoms with E-state index in [4.69, 9.17) is 23.8 Å². The topological polar surface area (TPSA) is 38.1 Å². The van der Waals surface area contributed by atoms with Gasteiger partial charge in [0.1, 0.15) is 0 Å². The van der Waals surface area contributed by atoms with E-state index in [1.807, 2.05) is 47.4 Å². The van der Waals surface area contributed by atoms with Crippen molar-refractivity contribution in [1.29, 1.82) is 0 Å². The van der Waals surface area contributed by atoms with E-state index in [0.29, 0.717) is 21.3 Å². The van der Waals surface area contributed by atoms with Crippen molar-refractivity contribution in [2.75, 3.05) is 5.75 Å². The Hall–Kier alpha value is -1.67. The lowest BCUT2D eigenvalue weighted by Crippen LogP contribution is -2.45. The van der Waals surface area contributed by atoms with Crippen LogP contribution in [-0.2, 0) is 11.3 Å². The van der Waals surface area contributed by atoms with Gasteiger partial charge in [0, 0.05) is 17.1 Å². The average Bonchev–Trinajstić information content (AvgIpc) is 3.05. The van der Waals surface area contributed by atoms with Crippen molar-refractivity contribution in [1.82, 2.24) is 14.7 Å². The zero-order chi connectivity index (χ0) is 21.0. The molecule has 0 saturated heterocycles. The van der Waals surface area contributed by atoms with Gasteiger partial charge >= 0.3 is 0 Å². The first-order valence-electron chi connectivity index (χ1n) is 9.07. The van der Waals surface area contributed by atoms with E-state index < -0.39 is 0 Å². The van der Waals surface area contributed by atoms with Crippen LogP contribution >= 0.6 is 46.9 Å². The highest BCUT2D eigenvalue weighted by molar-refractivity contribution is 8.01. The van der Waals surface area contributed by atoms with Gasteiger partial charge in [0.15, 0.2) is 8.29 Å². The van der Waals surface area contributed by atoms with Crippen molar-refractivity contribution in [2.24, 2.45) is 0 Å². The van der Waals surface area contributed by atoms with Crippen molar-refractivity contribution in [3.05, 3.63) is 69.1 Å². The lowest BCUT2D eigenvalue weighted by atomic mass is 10.0. The van der Waals surface area contributed by atoms with Crippen LogP contribution in [0.5, 0.6) is 0 Å². The number of halogens is 1. The molecule has 0 atom stereocenters. The summed E-state index contributed by atoms with van der Waals surface area (Å²) in [6.45, 7) is 6.74. The predicted octanol–water partition coefficient (Wildman–Crippen LogP) is 6.24. The molecule has 0 aliphatic rings. The maximum absolute atomic E-state index is 13.0. The molecule has 0 spiro atoms. The van der Waals surface area contributed by atoms with Gasteiger partial charge in [0.25, 0.3) is 0 Å². The maximum atomic E-state index is 13.0. The van der Waals surface area contributed by atoms with E-state index in [1.54, 1.807) is 16.8 Å². The van der Waals surface area contributed by atoms with Crippen molar-refractivity contribution in [3.8, 4) is 5.69 Å². The molecule has 0 unspecified atom stereocenters. The zero-order valence-electron chi connectivity index (χ0n) is 16.5. The van der Waals surface area contributed by atoms with Gasteiger partial charge in [-0.05, 0) is 62.8 Å². The second-order valence-electron chi connectivity index (χ2n) is 7.45. The fourth-order valence-electron chi connectivity index (χ4n) is 2.73. The van der Waals surface area contributed by atoms with Crippen LogP contribution in [0.2, 0.25) is 5.02 Å². The molecule has 0 saturated carbocycles. The van der Waals surface area contributed by atoms with Gasteiger partial charge in [-0.2, -0.15) is 0 Å². The largest absolute Gasteiger partial charge is 0.333 e. The molecule has 0 radical (unpaired) electrons. The van der Waals surface area contributed by atoms with Crippen molar-refractivity contribution >= 4 is 52.8 Å². The minimum Gasteiger partial charge on any atom is -0.333 e. The standard InChI is InChI=1S/C21H22ClN3OS3/c1-21(2,3)24(13-15-7-5-4-6-8-15)18(26)14-28-19-23-25(20(27)29-19)17-11-9-16(22)10-12-17/h4-12H,13-14H2,1-3H3. The molecule has 4 nitrogen and oxygen atoms in total. The van der Waals surface area contributed by atoms with E-state index in [0.717, 1.165) is 15.6 Å². The number of benzene rings is 2. The molecule has 8 heteroatoms. The van der Waals surface area contributed by atoms with Crippen molar-refractivity contribution in [2.45, 2.75) is 37.2 Å². The van der Waals surface area contributed by atoms with E-state index >= 15 is 0 Å². The second kappa shape index (κ2) is 9.43. The Morgan fingerprint density at radius 3 is 2.45 bits per heavy atom. The van der Waals surface area contributed by atoms with E-state index in [1.165, 1.54) is 23.1 Å². The quantitative estimate of drug-likeness (QED) is 0.320. The Bertz CT molecular complexity index is 1020. The number of rotatable bonds is 6. The second-order valence-corrected chi connectivity index (χ2v) is 10.7. The Labute approximate surface area is 189 Å². The first-order chi connectivity index (χ1) is 13.7. The summed E-state index contributed by atoms with van der Waals surface area (Å²) in [7, 11) is 0. The Morgan fingerprint density at radius 1 is 1.17 bits per heavy atom. The zero-order valence-corrected chi connectivity index (χ0v) is 19.7. The van der Waals surface area contributed by atoms with Crippen LogP contribution in [-0.4, -0.2) is 31.9 Å². The molecule has 1 amide bonds. The number of carbonyl (C=O) groups is 1. The number of nitrogens with zero attached hydrogens (tertiary/aromatic N) is 3. The summed E-state index contributed by atoms with van der Waals surface area (Å²) in [5.41, 5.74) is 1.70. The smallest absolute Gasteiger partial charge is 0.233 e. The number of amides is 1. The van der Waals surface area contributed by atoms with Crippen LogP contribution in [0, 0.1) is 3.95 Å². The molecular formula is C21H22ClN3OS3. The monoisotopic (exact) mass is 463 g/mol. The predicted molar refractivity (Wildman–Crippen MR) is 125 cm³/mol. The van der Waals surface area contributed by atoms with Gasteiger partial charge in [-0.3, -0.25) is 4.79 Å². The summed E-state index contributed by atoms with van der Waals surface area (Å²) < 4.78 is 3.11. The molecule has 1 aromatic heterocycles. The highest BCUT2D eigenvalue weighted by Crippen LogP contribution is 2.26. The summed E-state index contributed by atoms with van der Waals surface area (Å²) in [6, 6.07) is 17.4. The molecule has 3 rings (SSSR count). The Morgan fingerprint density at radius 2 is 1.83 bits per heavy atom. The molecule has 0 aliphatic carbocycles. The third-order valence-corrected chi connectivity index (χ3v) is 6.82. The number of hydrogen-bond acceptors (Lipinski definition) is 5. The average molecular weight is 464 g/mol. The van der Waals surface area contributed by atoms with E-state index in [2.05, 4.69) is 25.9 Å². The Balaban J connectivity index is 1.71. The van der Waals surface area contributed by atoms with Crippen LogP contribution in [0.4, 0.5) is 0 Å². The molecule has 152 valence electrons. The fourth-order valence-corrected chi connectivity index (χ4v) is 5.09. The number of carbonyl (C=O) groups excluding carboxylic acids is 1. The first kappa shape index (κ1) is 22.0. The van der Waals surface area contributed by atoms with Gasteiger partial charge in [-0.1, -0.05) is 65.0 Å². The molecule has 2 aromatic carbocycles. The first-order valence-corrected chi connectivity index (χ1v) is 11.7. The molecule has 1 heterocycles. The summed E-state index contributed by atoms with van der Waals surface area (Å²) in [6.07, 6.45) is 0. The van der Waals surface area contributed by atoms with E-state index in [9.17, 15) is 4.79 Å². The highest BCUT2D eigenvalue weighted by Gasteiger charge is 2.26. The van der Waals surface area contributed by atoms with Crippen LogP contribution in [0.1, 0.15) is 26.3 Å². The third kappa shape index (κ3) is 5.92. The van der Waals surface area contributed by atoms with Gasteiger partial charge in [-0.25, -0.2) is 4.68 Å². The van der Waals surface area contributed by atoms with Gasteiger partial charge in [-0.15, -0.1) is 5.10 Å². The molecule has 0 N–H and O–H groups in total. The normalized spacial score (nSPS) is 11.4. The number of thioether (sulfide) groups is 1. The SMILES string of the molecule is CC(C)(C)N(Cc1ccccc1)C(=O)CSc1nn(-c2ccc(Cl)cc2)c(=S)s1. The summed E-state index contributed by atoms with van der Waals surface area (Å²) in [5.74, 6) is 0.387. The number of hydrogen-bond donors (Lipinski definition) is 0. The summed E-state index contributed by atoms with van der Waals surface area (Å²) in [4.78, 5) is 14.9. The van der Waals surface area contributed by atoms with Gasteiger partial charge in [0.2, 0.25) is 5.91 Å². The lowest BCUT2D eigenvalue weighted by molar-refractivity contribution is -0.133.